The summed E-state index contributed by atoms with van der Waals surface area (Å²) in [5, 5.41) is 8.23. The van der Waals surface area contributed by atoms with E-state index in [1.165, 1.54) is 0 Å². The van der Waals surface area contributed by atoms with Gasteiger partial charge in [0, 0.05) is 12.2 Å². The van der Waals surface area contributed by atoms with Crippen molar-refractivity contribution in [2.75, 3.05) is 11.9 Å². The van der Waals surface area contributed by atoms with Gasteiger partial charge < -0.3 is 15.1 Å². The molecule has 0 bridgehead atoms. The molecule has 0 aliphatic heterocycles. The van der Waals surface area contributed by atoms with E-state index in [1.807, 2.05) is 48.7 Å². The van der Waals surface area contributed by atoms with Gasteiger partial charge in [-0.3, -0.25) is 4.79 Å². The molecule has 0 saturated heterocycles. The van der Waals surface area contributed by atoms with Gasteiger partial charge in [-0.15, -0.1) is 36.2 Å². The van der Waals surface area contributed by atoms with Gasteiger partial charge in [0.05, 0.1) is 17.0 Å². The molecular formula is C19H23Cl2N3O2S. The van der Waals surface area contributed by atoms with E-state index in [-0.39, 0.29) is 37.1 Å². The number of carbonyl (C=O) groups excluding carboxylic acids is 1. The summed E-state index contributed by atoms with van der Waals surface area (Å²) in [6.07, 6.45) is 0.191. The monoisotopic (exact) mass is 427 g/mol. The van der Waals surface area contributed by atoms with Gasteiger partial charge >= 0.3 is 0 Å². The third-order valence-corrected chi connectivity index (χ3v) is 4.67. The van der Waals surface area contributed by atoms with Crippen LogP contribution in [0.2, 0.25) is 0 Å². The summed E-state index contributed by atoms with van der Waals surface area (Å²) in [7, 11) is 0. The summed E-state index contributed by atoms with van der Waals surface area (Å²) in [4.78, 5) is 17.9. The first-order valence-electron chi connectivity index (χ1n) is 8.26. The van der Waals surface area contributed by atoms with Gasteiger partial charge in [-0.05, 0) is 36.5 Å². The van der Waals surface area contributed by atoms with E-state index in [1.54, 1.807) is 11.3 Å². The molecular weight excluding hydrogens is 405 g/mol. The van der Waals surface area contributed by atoms with Gasteiger partial charge in [0.25, 0.3) is 0 Å². The molecule has 0 aliphatic carbocycles. The average molecular weight is 428 g/mol. The number of aryl methyl sites for hydroxylation is 1. The van der Waals surface area contributed by atoms with Crippen LogP contribution in [-0.2, 0) is 17.8 Å². The van der Waals surface area contributed by atoms with Crippen LogP contribution in [0.5, 0.6) is 0 Å². The lowest BCUT2D eigenvalue weighted by molar-refractivity contribution is -0.115. The predicted octanol–water partition coefficient (Wildman–Crippen LogP) is 4.85. The second-order valence-corrected chi connectivity index (χ2v) is 6.61. The fourth-order valence-electron chi connectivity index (χ4n) is 2.50. The molecule has 0 aliphatic rings. The van der Waals surface area contributed by atoms with E-state index in [9.17, 15) is 4.79 Å². The molecule has 0 saturated carbocycles. The number of nitrogens with one attached hydrogen (secondary N) is 2. The molecule has 27 heavy (non-hydrogen) atoms. The zero-order valence-corrected chi connectivity index (χ0v) is 17.6. The average Bonchev–Trinajstić information content (AvgIpc) is 3.24. The van der Waals surface area contributed by atoms with Gasteiger partial charge in [0.1, 0.15) is 5.76 Å². The number of para-hydroxylation sites is 1. The molecule has 0 radical (unpaired) electrons. The number of aromatic nitrogens is 1. The second kappa shape index (κ2) is 11.1. The number of carbonyl (C=O) groups is 1. The number of amides is 1. The Morgan fingerprint density at radius 3 is 2.67 bits per heavy atom. The molecule has 2 aromatic heterocycles. The molecule has 3 rings (SSSR count). The number of anilines is 1. The first-order valence-corrected chi connectivity index (χ1v) is 9.14. The number of benzene rings is 1. The van der Waals surface area contributed by atoms with E-state index in [0.717, 1.165) is 29.2 Å². The topological polar surface area (TPSA) is 67.2 Å². The highest BCUT2D eigenvalue weighted by Crippen LogP contribution is 2.26. The predicted molar refractivity (Wildman–Crippen MR) is 115 cm³/mol. The van der Waals surface area contributed by atoms with Crippen LogP contribution in [0.1, 0.15) is 23.9 Å². The molecule has 1 aromatic carbocycles. The first-order chi connectivity index (χ1) is 12.2. The smallest absolute Gasteiger partial charge is 0.236 e. The van der Waals surface area contributed by atoms with Gasteiger partial charge in [-0.25, -0.2) is 4.98 Å². The summed E-state index contributed by atoms with van der Waals surface area (Å²) in [5.74, 6) is 1.15. The normalized spacial score (nSPS) is 10.0. The fourth-order valence-corrected chi connectivity index (χ4v) is 3.15. The molecule has 0 unspecified atom stereocenters. The number of hydrogen-bond acceptors (Lipinski definition) is 5. The Kier molecular flexibility index (Phi) is 9.52. The minimum absolute atomic E-state index is 0. The lowest BCUT2D eigenvalue weighted by Gasteiger charge is -2.11. The summed E-state index contributed by atoms with van der Waals surface area (Å²) in [6.45, 7) is 5.50. The SMILES string of the molecule is CCNCc1ccccc1NC(=O)Cc1nc(-c2cccs2)oc1C.Cl.Cl. The van der Waals surface area contributed by atoms with Crippen molar-refractivity contribution in [1.82, 2.24) is 10.3 Å². The van der Waals surface area contributed by atoms with Crippen LogP contribution in [0.25, 0.3) is 10.8 Å². The van der Waals surface area contributed by atoms with Crippen LogP contribution in [0.4, 0.5) is 5.69 Å². The molecule has 1 amide bonds. The Labute approximate surface area is 175 Å². The Morgan fingerprint density at radius 1 is 1.19 bits per heavy atom. The van der Waals surface area contributed by atoms with Crippen molar-refractivity contribution in [3.05, 3.63) is 58.8 Å². The number of oxazole rings is 1. The molecule has 0 fully saturated rings. The van der Waals surface area contributed by atoms with Crippen LogP contribution in [0.3, 0.4) is 0 Å². The molecule has 8 heteroatoms. The van der Waals surface area contributed by atoms with Crippen LogP contribution >= 0.6 is 36.2 Å². The Hall–Kier alpha value is -1.86. The highest BCUT2D eigenvalue weighted by Gasteiger charge is 2.16. The number of halogens is 2. The Bertz CT molecular complexity index is 851. The van der Waals surface area contributed by atoms with Crippen molar-refractivity contribution in [3.8, 4) is 10.8 Å². The highest BCUT2D eigenvalue weighted by atomic mass is 35.5. The third kappa shape index (κ3) is 6.07. The maximum atomic E-state index is 12.4. The minimum Gasteiger partial charge on any atom is -0.440 e. The summed E-state index contributed by atoms with van der Waals surface area (Å²) >= 11 is 1.57. The number of hydrogen-bond donors (Lipinski definition) is 2. The molecule has 0 atom stereocenters. The largest absolute Gasteiger partial charge is 0.440 e. The zero-order valence-electron chi connectivity index (χ0n) is 15.2. The van der Waals surface area contributed by atoms with Crippen molar-refractivity contribution < 1.29 is 9.21 Å². The Morgan fingerprint density at radius 2 is 1.96 bits per heavy atom. The number of thiophene rings is 1. The Balaban J connectivity index is 0.00000182. The van der Waals surface area contributed by atoms with Crippen molar-refractivity contribution in [1.29, 1.82) is 0 Å². The summed E-state index contributed by atoms with van der Waals surface area (Å²) in [5.41, 5.74) is 2.56. The molecule has 5 nitrogen and oxygen atoms in total. The zero-order chi connectivity index (χ0) is 17.6. The molecule has 146 valence electrons. The minimum atomic E-state index is -0.0990. The second-order valence-electron chi connectivity index (χ2n) is 5.66. The molecule has 0 spiro atoms. The van der Waals surface area contributed by atoms with Crippen LogP contribution in [-0.4, -0.2) is 17.4 Å². The van der Waals surface area contributed by atoms with Crippen LogP contribution in [0.15, 0.2) is 46.2 Å². The molecule has 3 aromatic rings. The van der Waals surface area contributed by atoms with Gasteiger partial charge in [-0.2, -0.15) is 0 Å². The molecule has 2 heterocycles. The number of rotatable bonds is 7. The summed E-state index contributed by atoms with van der Waals surface area (Å²) < 4.78 is 5.70. The quantitative estimate of drug-likeness (QED) is 0.565. The van der Waals surface area contributed by atoms with E-state index in [4.69, 9.17) is 4.42 Å². The van der Waals surface area contributed by atoms with E-state index in [2.05, 4.69) is 22.5 Å². The van der Waals surface area contributed by atoms with Crippen molar-refractivity contribution >= 4 is 47.7 Å². The lowest BCUT2D eigenvalue weighted by Crippen LogP contribution is -2.18. The van der Waals surface area contributed by atoms with E-state index >= 15 is 0 Å². The fraction of sp³-hybridized carbons (Fsp3) is 0.263. The van der Waals surface area contributed by atoms with Gasteiger partial charge in [-0.1, -0.05) is 31.2 Å². The van der Waals surface area contributed by atoms with E-state index in [0.29, 0.717) is 17.3 Å². The van der Waals surface area contributed by atoms with Crippen LogP contribution < -0.4 is 10.6 Å². The summed E-state index contributed by atoms with van der Waals surface area (Å²) in [6, 6.07) is 11.7. The van der Waals surface area contributed by atoms with Crippen molar-refractivity contribution in [2.24, 2.45) is 0 Å². The molecule has 2 N–H and O–H groups in total. The number of nitrogens with zero attached hydrogens (tertiary/aromatic N) is 1. The maximum absolute atomic E-state index is 12.4. The maximum Gasteiger partial charge on any atom is 0.236 e. The first kappa shape index (κ1) is 23.2. The van der Waals surface area contributed by atoms with Gasteiger partial charge in [0.15, 0.2) is 0 Å². The lowest BCUT2D eigenvalue weighted by atomic mass is 10.1. The highest BCUT2D eigenvalue weighted by molar-refractivity contribution is 7.13. The van der Waals surface area contributed by atoms with Gasteiger partial charge in [0.2, 0.25) is 11.8 Å². The van der Waals surface area contributed by atoms with Crippen molar-refractivity contribution in [2.45, 2.75) is 26.8 Å². The standard InChI is InChI=1S/C19H21N3O2S.2ClH/c1-3-20-12-14-7-4-5-8-15(14)21-18(23)11-16-13(2)24-19(22-16)17-9-6-10-25-17;;/h4-10,20H,3,11-12H2,1-2H3,(H,21,23);2*1H. The van der Waals surface area contributed by atoms with Crippen molar-refractivity contribution in [3.63, 3.8) is 0 Å². The third-order valence-electron chi connectivity index (χ3n) is 3.81. The van der Waals surface area contributed by atoms with Crippen LogP contribution in [0, 0.1) is 6.92 Å². The van der Waals surface area contributed by atoms with E-state index < -0.39 is 0 Å².